The molecule has 6 nitrogen and oxygen atoms in total. The number of benzene rings is 1. The maximum atomic E-state index is 14.3. The number of rotatable bonds is 4. The largest absolute Gasteiger partial charge is 0.619 e. The number of nitrogens with zero attached hydrogens (tertiary/aromatic N) is 1. The van der Waals surface area contributed by atoms with Gasteiger partial charge in [-0.2, -0.15) is 22.3 Å². The van der Waals surface area contributed by atoms with E-state index in [4.69, 9.17) is 9.47 Å². The number of amides is 1. The molecule has 1 saturated heterocycles. The number of nitrogens with one attached hydrogen (secondary N) is 1. The summed E-state index contributed by atoms with van der Waals surface area (Å²) in [4.78, 5) is 12.9. The normalized spacial score (nSPS) is 26.0. The molecule has 4 atom stereocenters. The first kappa shape index (κ1) is 22.7. The van der Waals surface area contributed by atoms with E-state index >= 15 is 0 Å². The maximum Gasteiger partial charge on any atom is 0.417 e. The topological polar surface area (TPSA) is 74.5 Å². The predicted molar refractivity (Wildman–Crippen MR) is 98.2 cm³/mol. The number of pyridine rings is 1. The number of carbonyl (C=O) groups is 1. The van der Waals surface area contributed by atoms with Crippen LogP contribution in [0.3, 0.4) is 0 Å². The van der Waals surface area contributed by atoms with Crippen molar-refractivity contribution >= 4 is 11.6 Å². The van der Waals surface area contributed by atoms with Crippen LogP contribution in [0.15, 0.2) is 36.7 Å². The van der Waals surface area contributed by atoms with Gasteiger partial charge in [-0.3, -0.25) is 4.79 Å². The summed E-state index contributed by atoms with van der Waals surface area (Å²) in [7, 11) is 1.04. The standard InChI is InChI=1S/C20H19F5N2O4/c1-10-14(12-4-5-13(21)15(22)16(12)30-3)17(31-19(10,2)20(23,24)25)18(28)26-11-6-8-27(29)9-7-11/h4-10,14,17H,1-3H3,(H,26,28)/t10-,14-,17+,19+/m0/s1. The summed E-state index contributed by atoms with van der Waals surface area (Å²) in [5.41, 5.74) is -2.73. The molecule has 11 heteroatoms. The molecule has 0 unspecified atom stereocenters. The van der Waals surface area contributed by atoms with E-state index in [-0.39, 0.29) is 11.3 Å². The fourth-order valence-corrected chi connectivity index (χ4v) is 3.75. The van der Waals surface area contributed by atoms with Gasteiger partial charge in [0.1, 0.15) is 6.10 Å². The summed E-state index contributed by atoms with van der Waals surface area (Å²) in [6.07, 6.45) is -4.39. The van der Waals surface area contributed by atoms with Gasteiger partial charge in [-0.05, 0) is 13.0 Å². The van der Waals surface area contributed by atoms with Gasteiger partial charge < -0.3 is 20.0 Å². The van der Waals surface area contributed by atoms with Crippen molar-refractivity contribution in [2.24, 2.45) is 5.92 Å². The van der Waals surface area contributed by atoms with E-state index in [0.717, 1.165) is 38.6 Å². The van der Waals surface area contributed by atoms with Crippen LogP contribution in [0.5, 0.6) is 5.75 Å². The van der Waals surface area contributed by atoms with Gasteiger partial charge in [0, 0.05) is 29.5 Å². The van der Waals surface area contributed by atoms with Crippen molar-refractivity contribution in [3.05, 3.63) is 59.1 Å². The van der Waals surface area contributed by atoms with Crippen molar-refractivity contribution in [2.45, 2.75) is 37.6 Å². The Bertz CT molecular complexity index is 983. The maximum absolute atomic E-state index is 14.3. The van der Waals surface area contributed by atoms with Gasteiger partial charge in [0.25, 0.3) is 5.91 Å². The molecule has 0 radical (unpaired) electrons. The quantitative estimate of drug-likeness (QED) is 0.442. The van der Waals surface area contributed by atoms with Gasteiger partial charge in [0.15, 0.2) is 29.6 Å². The summed E-state index contributed by atoms with van der Waals surface area (Å²) in [6, 6.07) is 4.33. The number of hydrogen-bond acceptors (Lipinski definition) is 4. The van der Waals surface area contributed by atoms with Crippen LogP contribution < -0.4 is 14.8 Å². The first-order chi connectivity index (χ1) is 14.4. The third-order valence-electron chi connectivity index (χ3n) is 5.64. The molecule has 1 aliphatic rings. The second-order valence-corrected chi connectivity index (χ2v) is 7.38. The summed E-state index contributed by atoms with van der Waals surface area (Å²) in [6.45, 7) is 2.02. The molecule has 3 rings (SSSR count). The smallest absolute Gasteiger partial charge is 0.417 e. The summed E-state index contributed by atoms with van der Waals surface area (Å²) in [5.74, 6) is -6.85. The van der Waals surface area contributed by atoms with Crippen LogP contribution in [-0.2, 0) is 9.53 Å². The average molecular weight is 446 g/mol. The molecule has 1 aromatic heterocycles. The van der Waals surface area contributed by atoms with E-state index in [2.05, 4.69) is 5.32 Å². The Morgan fingerprint density at radius 3 is 2.39 bits per heavy atom. The molecule has 0 spiro atoms. The molecular formula is C20H19F5N2O4. The highest BCUT2D eigenvalue weighted by molar-refractivity contribution is 5.95. The van der Waals surface area contributed by atoms with Crippen LogP contribution in [0.4, 0.5) is 27.6 Å². The van der Waals surface area contributed by atoms with Crippen molar-refractivity contribution in [3.8, 4) is 5.75 Å². The lowest BCUT2D eigenvalue weighted by Crippen LogP contribution is -2.47. The molecule has 168 valence electrons. The van der Waals surface area contributed by atoms with Gasteiger partial charge in [-0.1, -0.05) is 13.0 Å². The van der Waals surface area contributed by atoms with E-state index in [1.165, 1.54) is 19.1 Å². The monoisotopic (exact) mass is 446 g/mol. The van der Waals surface area contributed by atoms with E-state index in [1.807, 2.05) is 0 Å². The lowest BCUT2D eigenvalue weighted by Gasteiger charge is -2.32. The highest BCUT2D eigenvalue weighted by Gasteiger charge is 2.65. The molecule has 2 heterocycles. The first-order valence-corrected chi connectivity index (χ1v) is 9.16. The number of methoxy groups -OCH3 is 1. The van der Waals surface area contributed by atoms with Crippen LogP contribution in [-0.4, -0.2) is 30.9 Å². The molecule has 1 fully saturated rings. The van der Waals surface area contributed by atoms with Crippen molar-refractivity contribution in [3.63, 3.8) is 0 Å². The van der Waals surface area contributed by atoms with Crippen LogP contribution in [0.2, 0.25) is 0 Å². The molecule has 0 aliphatic carbocycles. The Morgan fingerprint density at radius 1 is 1.23 bits per heavy atom. The van der Waals surface area contributed by atoms with Gasteiger partial charge in [0.2, 0.25) is 5.82 Å². The van der Waals surface area contributed by atoms with Crippen molar-refractivity contribution < 1.29 is 41.0 Å². The number of ether oxygens (including phenoxy) is 2. The van der Waals surface area contributed by atoms with E-state index in [0.29, 0.717) is 4.73 Å². The van der Waals surface area contributed by atoms with Gasteiger partial charge in [0.05, 0.1) is 12.8 Å². The van der Waals surface area contributed by atoms with Gasteiger partial charge in [-0.25, -0.2) is 4.39 Å². The number of anilines is 1. The van der Waals surface area contributed by atoms with Crippen LogP contribution >= 0.6 is 0 Å². The second-order valence-electron chi connectivity index (χ2n) is 7.38. The minimum atomic E-state index is -4.85. The molecule has 1 amide bonds. The number of alkyl halides is 3. The Labute approximate surface area is 174 Å². The number of carbonyl (C=O) groups excluding carboxylic acids is 1. The molecule has 31 heavy (non-hydrogen) atoms. The zero-order valence-electron chi connectivity index (χ0n) is 16.7. The minimum Gasteiger partial charge on any atom is -0.619 e. The van der Waals surface area contributed by atoms with Gasteiger partial charge >= 0.3 is 6.18 Å². The van der Waals surface area contributed by atoms with Crippen molar-refractivity contribution in [1.82, 2.24) is 0 Å². The number of aromatic nitrogens is 1. The zero-order chi connectivity index (χ0) is 23.1. The molecular weight excluding hydrogens is 427 g/mol. The Morgan fingerprint density at radius 2 is 1.84 bits per heavy atom. The minimum absolute atomic E-state index is 0.132. The Hall–Kier alpha value is -2.95. The van der Waals surface area contributed by atoms with E-state index < -0.39 is 53.0 Å². The lowest BCUT2D eigenvalue weighted by atomic mass is 9.77. The fourth-order valence-electron chi connectivity index (χ4n) is 3.75. The molecule has 1 aliphatic heterocycles. The average Bonchev–Trinajstić information content (AvgIpc) is 2.98. The molecule has 0 saturated carbocycles. The summed E-state index contributed by atoms with van der Waals surface area (Å²) in [5, 5.41) is 13.5. The van der Waals surface area contributed by atoms with Crippen molar-refractivity contribution in [1.29, 1.82) is 0 Å². The molecule has 1 N–H and O–H groups in total. The van der Waals surface area contributed by atoms with Crippen LogP contribution in [0.1, 0.15) is 25.3 Å². The fraction of sp³-hybridized carbons (Fsp3) is 0.400. The van der Waals surface area contributed by atoms with Gasteiger partial charge in [-0.15, -0.1) is 0 Å². The summed E-state index contributed by atoms with van der Waals surface area (Å²) >= 11 is 0. The lowest BCUT2D eigenvalue weighted by molar-refractivity contribution is -0.605. The Kier molecular flexibility index (Phi) is 5.83. The van der Waals surface area contributed by atoms with Crippen LogP contribution in [0.25, 0.3) is 0 Å². The third-order valence-corrected chi connectivity index (χ3v) is 5.64. The third kappa shape index (κ3) is 3.89. The number of halogens is 5. The zero-order valence-corrected chi connectivity index (χ0v) is 16.7. The summed E-state index contributed by atoms with van der Waals surface area (Å²) < 4.78 is 80.2. The first-order valence-electron chi connectivity index (χ1n) is 9.16. The van der Waals surface area contributed by atoms with E-state index in [9.17, 15) is 32.0 Å². The SMILES string of the molecule is COc1c([C@H]2[C@H](C(=O)Nc3cc[n+]([O-])cc3)O[C@@](C)(C(F)(F)F)[C@H]2C)ccc(F)c1F. The van der Waals surface area contributed by atoms with E-state index in [1.54, 1.807) is 0 Å². The molecule has 0 bridgehead atoms. The molecule has 2 aromatic rings. The Balaban J connectivity index is 2.07. The highest BCUT2D eigenvalue weighted by Crippen LogP contribution is 2.54. The number of hydrogen-bond donors (Lipinski definition) is 1. The predicted octanol–water partition coefficient (Wildman–Crippen LogP) is 3.69. The highest BCUT2D eigenvalue weighted by atomic mass is 19.4. The molecule has 1 aromatic carbocycles. The second kappa shape index (κ2) is 7.95. The van der Waals surface area contributed by atoms with Crippen molar-refractivity contribution in [2.75, 3.05) is 12.4 Å². The van der Waals surface area contributed by atoms with Crippen LogP contribution in [0, 0.1) is 22.8 Å².